The summed E-state index contributed by atoms with van der Waals surface area (Å²) < 4.78 is 40.5. The Bertz CT molecular complexity index is 1380. The summed E-state index contributed by atoms with van der Waals surface area (Å²) in [6.45, 7) is 0.359. The van der Waals surface area contributed by atoms with Gasteiger partial charge in [-0.25, -0.2) is 21.6 Å². The zero-order chi connectivity index (χ0) is 22.9. The minimum Gasteiger partial charge on any atom is -0.352 e. The van der Waals surface area contributed by atoms with Gasteiger partial charge in [0.15, 0.2) is 5.82 Å². The monoisotopic (exact) mass is 473 g/mol. The summed E-state index contributed by atoms with van der Waals surface area (Å²) in [6, 6.07) is 11.9. The molecule has 4 aromatic rings. The minimum absolute atomic E-state index is 0.125. The van der Waals surface area contributed by atoms with Gasteiger partial charge in [0.05, 0.1) is 10.6 Å². The van der Waals surface area contributed by atoms with Crippen molar-refractivity contribution in [3.8, 4) is 11.4 Å². The van der Waals surface area contributed by atoms with Gasteiger partial charge in [0.25, 0.3) is 5.91 Å². The van der Waals surface area contributed by atoms with Crippen LogP contribution in [0.4, 0.5) is 4.39 Å². The highest BCUT2D eigenvalue weighted by Crippen LogP contribution is 2.21. The van der Waals surface area contributed by atoms with Gasteiger partial charge in [0.2, 0.25) is 15.0 Å². The first-order chi connectivity index (χ1) is 15.3. The van der Waals surface area contributed by atoms with Crippen molar-refractivity contribution in [1.29, 1.82) is 0 Å². The zero-order valence-electron chi connectivity index (χ0n) is 17.3. The van der Waals surface area contributed by atoms with Gasteiger partial charge in [0.1, 0.15) is 5.82 Å². The summed E-state index contributed by atoms with van der Waals surface area (Å²) in [5, 5.41) is 9.20. The number of carbonyl (C=O) groups is 1. The summed E-state index contributed by atoms with van der Waals surface area (Å²) in [6.07, 6.45) is 0.519. The van der Waals surface area contributed by atoms with Gasteiger partial charge in [0, 0.05) is 43.6 Å². The van der Waals surface area contributed by atoms with Gasteiger partial charge in [-0.3, -0.25) is 4.79 Å². The molecule has 0 saturated heterocycles. The van der Waals surface area contributed by atoms with E-state index < -0.39 is 10.0 Å². The molecule has 0 saturated carbocycles. The van der Waals surface area contributed by atoms with Crippen LogP contribution in [-0.4, -0.2) is 53.9 Å². The molecule has 4 rings (SSSR count). The van der Waals surface area contributed by atoms with E-state index in [-0.39, 0.29) is 16.6 Å². The predicted molar refractivity (Wildman–Crippen MR) is 120 cm³/mol. The fourth-order valence-electron chi connectivity index (χ4n) is 3.04. The lowest BCUT2D eigenvalue weighted by Crippen LogP contribution is -2.26. The molecule has 2 heterocycles. The fraction of sp³-hybridized carbons (Fsp3) is 0.190. The molecule has 2 aromatic heterocycles. The zero-order valence-corrected chi connectivity index (χ0v) is 19.0. The van der Waals surface area contributed by atoms with Crippen molar-refractivity contribution in [2.24, 2.45) is 0 Å². The Hall–Kier alpha value is -3.15. The molecule has 0 spiro atoms. The molecule has 0 aliphatic heterocycles. The van der Waals surface area contributed by atoms with Crippen molar-refractivity contribution < 1.29 is 17.6 Å². The third kappa shape index (κ3) is 4.40. The van der Waals surface area contributed by atoms with E-state index in [2.05, 4.69) is 15.4 Å². The number of hydrogen-bond acceptors (Lipinski definition) is 6. The Balaban J connectivity index is 1.40. The number of amides is 1. The summed E-state index contributed by atoms with van der Waals surface area (Å²) in [5.41, 5.74) is 1.83. The summed E-state index contributed by atoms with van der Waals surface area (Å²) in [4.78, 5) is 17.7. The van der Waals surface area contributed by atoms with E-state index in [1.54, 1.807) is 16.6 Å². The average molecular weight is 474 g/mol. The standard InChI is InChI=1S/C21H20FN5O3S2/c1-26(2)32(29,30)18-8-6-14(7-9-18)20(28)23-11-10-17-13-31-21-24-19(25-27(17)21)15-4-3-5-16(22)12-15/h3-9,12-13H,10-11H2,1-2H3,(H,23,28). The van der Waals surface area contributed by atoms with E-state index in [0.29, 0.717) is 34.9 Å². The lowest BCUT2D eigenvalue weighted by molar-refractivity contribution is 0.0954. The number of halogens is 1. The Morgan fingerprint density at radius 3 is 2.62 bits per heavy atom. The minimum atomic E-state index is -3.54. The Morgan fingerprint density at radius 2 is 1.94 bits per heavy atom. The second-order valence-electron chi connectivity index (χ2n) is 7.18. The molecule has 1 N–H and O–H groups in total. The van der Waals surface area contributed by atoms with Gasteiger partial charge < -0.3 is 5.32 Å². The first-order valence-corrected chi connectivity index (χ1v) is 12.0. The van der Waals surface area contributed by atoms with Crippen molar-refractivity contribution in [3.63, 3.8) is 0 Å². The molecule has 0 unspecified atom stereocenters. The van der Waals surface area contributed by atoms with Crippen molar-refractivity contribution in [3.05, 3.63) is 71.0 Å². The summed E-state index contributed by atoms with van der Waals surface area (Å²) >= 11 is 1.42. The van der Waals surface area contributed by atoms with E-state index in [9.17, 15) is 17.6 Å². The third-order valence-electron chi connectivity index (χ3n) is 4.79. The molecular weight excluding hydrogens is 453 g/mol. The molecule has 0 radical (unpaired) electrons. The number of thiazole rings is 1. The van der Waals surface area contributed by atoms with Crippen molar-refractivity contribution in [1.82, 2.24) is 24.2 Å². The van der Waals surface area contributed by atoms with Crippen LogP contribution in [0.2, 0.25) is 0 Å². The highest BCUT2D eigenvalue weighted by molar-refractivity contribution is 7.89. The van der Waals surface area contributed by atoms with Gasteiger partial charge in [-0.2, -0.15) is 4.98 Å². The number of sulfonamides is 1. The second-order valence-corrected chi connectivity index (χ2v) is 10.2. The normalized spacial score (nSPS) is 11.9. The molecule has 32 heavy (non-hydrogen) atoms. The lowest BCUT2D eigenvalue weighted by Gasteiger charge is -2.11. The SMILES string of the molecule is CN(C)S(=O)(=O)c1ccc(C(=O)NCCc2csc3nc(-c4cccc(F)c4)nn23)cc1. The maximum atomic E-state index is 13.5. The van der Waals surface area contributed by atoms with E-state index >= 15 is 0 Å². The van der Waals surface area contributed by atoms with Crippen molar-refractivity contribution in [2.45, 2.75) is 11.3 Å². The van der Waals surface area contributed by atoms with Gasteiger partial charge >= 0.3 is 0 Å². The van der Waals surface area contributed by atoms with Crippen molar-refractivity contribution in [2.75, 3.05) is 20.6 Å². The number of nitrogens with one attached hydrogen (secondary N) is 1. The third-order valence-corrected chi connectivity index (χ3v) is 7.49. The second kappa shape index (κ2) is 8.77. The number of fused-ring (bicyclic) bond motifs is 1. The quantitative estimate of drug-likeness (QED) is 0.445. The van der Waals surface area contributed by atoms with E-state index in [1.165, 1.54) is 61.8 Å². The maximum Gasteiger partial charge on any atom is 0.251 e. The first-order valence-electron chi connectivity index (χ1n) is 9.65. The fourth-order valence-corrected chi connectivity index (χ4v) is 4.80. The maximum absolute atomic E-state index is 13.5. The highest BCUT2D eigenvalue weighted by Gasteiger charge is 2.18. The number of benzene rings is 2. The van der Waals surface area contributed by atoms with Crippen LogP contribution in [0.3, 0.4) is 0 Å². The van der Waals surface area contributed by atoms with Crippen LogP contribution in [0, 0.1) is 5.82 Å². The molecule has 0 fully saturated rings. The molecule has 2 aromatic carbocycles. The smallest absolute Gasteiger partial charge is 0.251 e. The Labute approximate surface area is 188 Å². The van der Waals surface area contributed by atoms with Crippen LogP contribution in [0.1, 0.15) is 16.1 Å². The van der Waals surface area contributed by atoms with Gasteiger partial charge in [-0.15, -0.1) is 16.4 Å². The molecular formula is C21H20FN5O3S2. The Morgan fingerprint density at radius 1 is 1.19 bits per heavy atom. The number of rotatable bonds is 7. The molecule has 0 aliphatic carbocycles. The van der Waals surface area contributed by atoms with Crippen LogP contribution in [-0.2, 0) is 16.4 Å². The van der Waals surface area contributed by atoms with Crippen LogP contribution >= 0.6 is 11.3 Å². The molecule has 0 aliphatic rings. The van der Waals surface area contributed by atoms with E-state index in [0.717, 1.165) is 10.00 Å². The first kappa shape index (κ1) is 22.1. The lowest BCUT2D eigenvalue weighted by atomic mass is 10.2. The summed E-state index contributed by atoms with van der Waals surface area (Å²) in [5.74, 6) is -0.213. The van der Waals surface area contributed by atoms with Crippen molar-refractivity contribution >= 4 is 32.2 Å². The molecule has 1 amide bonds. The number of nitrogens with zero attached hydrogens (tertiary/aromatic N) is 4. The number of carbonyl (C=O) groups excluding carboxylic acids is 1. The Kier molecular flexibility index (Phi) is 6.04. The van der Waals surface area contributed by atoms with E-state index in [1.807, 2.05) is 5.38 Å². The average Bonchev–Trinajstić information content (AvgIpc) is 3.35. The largest absolute Gasteiger partial charge is 0.352 e. The predicted octanol–water partition coefficient (Wildman–Crippen LogP) is 2.82. The molecule has 8 nitrogen and oxygen atoms in total. The van der Waals surface area contributed by atoms with Crippen LogP contribution in [0.25, 0.3) is 16.3 Å². The van der Waals surface area contributed by atoms with Crippen LogP contribution in [0.5, 0.6) is 0 Å². The molecule has 0 atom stereocenters. The van der Waals surface area contributed by atoms with E-state index in [4.69, 9.17) is 0 Å². The number of aromatic nitrogens is 3. The topological polar surface area (TPSA) is 96.7 Å². The highest BCUT2D eigenvalue weighted by atomic mass is 32.2. The molecule has 166 valence electrons. The number of hydrogen-bond donors (Lipinski definition) is 1. The van der Waals surface area contributed by atoms with Gasteiger partial charge in [-0.05, 0) is 36.4 Å². The van der Waals surface area contributed by atoms with Crippen LogP contribution < -0.4 is 5.32 Å². The van der Waals surface area contributed by atoms with Crippen LogP contribution in [0.15, 0.2) is 58.8 Å². The summed E-state index contributed by atoms with van der Waals surface area (Å²) in [7, 11) is -0.637. The molecule has 11 heteroatoms. The van der Waals surface area contributed by atoms with Gasteiger partial charge in [-0.1, -0.05) is 12.1 Å². The molecule has 0 bridgehead atoms.